The predicted octanol–water partition coefficient (Wildman–Crippen LogP) is 15.8. The highest BCUT2D eigenvalue weighted by molar-refractivity contribution is 9.11. The molecule has 0 saturated carbocycles. The minimum atomic E-state index is -0.789. The van der Waals surface area contributed by atoms with Gasteiger partial charge >= 0.3 is 0 Å². The Labute approximate surface area is 452 Å². The van der Waals surface area contributed by atoms with Crippen molar-refractivity contribution >= 4 is 63.7 Å². The van der Waals surface area contributed by atoms with E-state index in [0.29, 0.717) is 95.9 Å². The van der Waals surface area contributed by atoms with E-state index in [1.165, 1.54) is 0 Å². The smallest absolute Gasteiger partial charge is 0.137 e. The molecule has 8 aromatic carbocycles. The van der Waals surface area contributed by atoms with Crippen molar-refractivity contribution in [2.24, 2.45) is 0 Å². The molecule has 72 heavy (non-hydrogen) atoms. The summed E-state index contributed by atoms with van der Waals surface area (Å²) in [5.74, 6) is -5.23. The molecule has 0 aliphatic heterocycles. The van der Waals surface area contributed by atoms with Gasteiger partial charge in [0.1, 0.15) is 63.9 Å². The number of halogens is 4. The largest absolute Gasteiger partial charge is 0.506 e. The first-order valence-corrected chi connectivity index (χ1v) is 27.0. The molecule has 0 spiro atoms. The second kappa shape index (κ2) is 22.1. The van der Waals surface area contributed by atoms with Crippen LogP contribution in [0.4, 0.5) is 0 Å². The number of phenolic OH excluding ortho intramolecular Hbond substituents is 8. The minimum Gasteiger partial charge on any atom is -0.506 e. The van der Waals surface area contributed by atoms with Crippen LogP contribution in [0.3, 0.4) is 0 Å². The monoisotopic (exact) mass is 1220 g/mol. The van der Waals surface area contributed by atoms with E-state index in [1.807, 2.05) is 121 Å². The summed E-state index contributed by atoms with van der Waals surface area (Å²) in [7, 11) is 0. The average molecular weight is 1220 g/mol. The number of hydrogen-bond acceptors (Lipinski definition) is 8. The SMILES string of the molecule is Oc1c2cc(c(O)c1Br)C(CCc1ccccc1)c1cc(c(O)c(Br)c1O)C(CCc1ccccc1)c1cc(c(O)c(Br)c1O)C(CCc1ccccc1)c1cc(c(O)c(Br)c1O)C2CCc1ccccc1. The van der Waals surface area contributed by atoms with Crippen LogP contribution in [0.2, 0.25) is 0 Å². The second-order valence-electron chi connectivity index (χ2n) is 18.6. The van der Waals surface area contributed by atoms with Crippen molar-refractivity contribution in [1.29, 1.82) is 0 Å². The van der Waals surface area contributed by atoms with Gasteiger partial charge in [0.05, 0.1) is 0 Å². The maximum absolute atomic E-state index is 12.3. The Morgan fingerprint density at radius 2 is 0.403 bits per heavy atom. The van der Waals surface area contributed by atoms with Crippen LogP contribution in [0.5, 0.6) is 46.0 Å². The highest BCUT2D eigenvalue weighted by atomic mass is 79.9. The highest BCUT2D eigenvalue weighted by Gasteiger charge is 2.36. The third-order valence-corrected chi connectivity index (χ3v) is 17.4. The molecule has 0 saturated heterocycles. The summed E-state index contributed by atoms with van der Waals surface area (Å²) in [6, 6.07) is 46.3. The van der Waals surface area contributed by atoms with E-state index in [9.17, 15) is 40.9 Å². The third kappa shape index (κ3) is 10.2. The molecule has 8 N–H and O–H groups in total. The number of phenols is 8. The fourth-order valence-corrected chi connectivity index (χ4v) is 12.4. The molecule has 1 aliphatic rings. The van der Waals surface area contributed by atoms with Gasteiger partial charge in [0.15, 0.2) is 0 Å². The lowest BCUT2D eigenvalue weighted by Crippen LogP contribution is -2.13. The van der Waals surface area contributed by atoms with Crippen LogP contribution in [-0.2, 0) is 25.7 Å². The van der Waals surface area contributed by atoms with Gasteiger partial charge in [0, 0.05) is 68.2 Å². The number of fused-ring (bicyclic) bond motifs is 8. The van der Waals surface area contributed by atoms with E-state index >= 15 is 0 Å². The quantitative estimate of drug-likeness (QED) is 0.0600. The van der Waals surface area contributed by atoms with Crippen molar-refractivity contribution in [2.45, 2.75) is 75.0 Å². The number of rotatable bonds is 12. The lowest BCUT2D eigenvalue weighted by Gasteiger charge is -2.30. The van der Waals surface area contributed by atoms with Crippen molar-refractivity contribution in [3.63, 3.8) is 0 Å². The van der Waals surface area contributed by atoms with E-state index < -0.39 is 23.7 Å². The molecule has 8 bridgehead atoms. The van der Waals surface area contributed by atoms with Gasteiger partial charge in [0.2, 0.25) is 0 Å². The Morgan fingerprint density at radius 3 is 0.556 bits per heavy atom. The van der Waals surface area contributed by atoms with Gasteiger partial charge in [-0.05, 0) is 162 Å². The van der Waals surface area contributed by atoms with Gasteiger partial charge in [-0.3, -0.25) is 0 Å². The van der Waals surface area contributed by atoms with Crippen molar-refractivity contribution < 1.29 is 40.9 Å². The molecular formula is C60H52Br4O8. The fraction of sp³-hybridized carbons (Fsp3) is 0.200. The molecule has 0 radical (unpaired) electrons. The second-order valence-corrected chi connectivity index (χ2v) is 21.7. The Hall–Kier alpha value is -5.92. The summed E-state index contributed by atoms with van der Waals surface area (Å²) >= 11 is 14.3. The lowest BCUT2D eigenvalue weighted by molar-refractivity contribution is 0.416. The van der Waals surface area contributed by atoms with Gasteiger partial charge in [-0.2, -0.15) is 0 Å². The molecule has 8 nitrogen and oxygen atoms in total. The van der Waals surface area contributed by atoms with Gasteiger partial charge in [-0.15, -0.1) is 0 Å². The molecule has 0 aromatic heterocycles. The topological polar surface area (TPSA) is 162 Å². The summed E-state index contributed by atoms with van der Waals surface area (Å²) in [5.41, 5.74) is 6.88. The Bertz CT molecular complexity index is 2700. The first-order chi connectivity index (χ1) is 34.7. The van der Waals surface area contributed by atoms with Crippen molar-refractivity contribution in [2.75, 3.05) is 0 Å². The first-order valence-electron chi connectivity index (χ1n) is 23.9. The van der Waals surface area contributed by atoms with E-state index in [1.54, 1.807) is 24.3 Å². The van der Waals surface area contributed by atoms with E-state index in [2.05, 4.69) is 63.7 Å². The maximum atomic E-state index is 12.3. The summed E-state index contributed by atoms with van der Waals surface area (Å²) in [5, 5.41) is 98.7. The number of benzene rings is 8. The Balaban J connectivity index is 1.39. The van der Waals surface area contributed by atoms with Crippen molar-refractivity contribution in [3.8, 4) is 46.0 Å². The van der Waals surface area contributed by atoms with E-state index in [0.717, 1.165) is 22.3 Å². The third-order valence-electron chi connectivity index (χ3n) is 14.4. The van der Waals surface area contributed by atoms with Gasteiger partial charge in [-0.25, -0.2) is 0 Å². The number of hydrogen-bond donors (Lipinski definition) is 8. The minimum absolute atomic E-state index is 0.0109. The fourth-order valence-electron chi connectivity index (χ4n) is 10.5. The average Bonchev–Trinajstić information content (AvgIpc) is 3.40. The molecule has 368 valence electrons. The zero-order valence-corrected chi connectivity index (χ0v) is 45.3. The molecule has 0 atom stereocenters. The first kappa shape index (κ1) is 51.0. The van der Waals surface area contributed by atoms with Crippen LogP contribution in [0.15, 0.2) is 163 Å². The molecule has 0 fully saturated rings. The molecular weight excluding hydrogens is 1170 g/mol. The standard InChI is InChI=1S/C60H52Br4O8/c61-49-53(65)41-29-43(55(49)67)38(26-22-34-15-7-2-8-16-34)45-31-47(59(71)51(63)57(45)69)40(28-24-36-19-11-4-12-20-36)48-32-46(58(70)52(64)60(48)72)39(27-23-35-17-9-3-10-18-35)44-30-42(54(66)50(62)56(44)68)37(41)25-21-33-13-5-1-6-14-33/h1-20,29-32,37-40,65-72H,21-28H2. The lowest BCUT2D eigenvalue weighted by atomic mass is 9.76. The summed E-state index contributed by atoms with van der Waals surface area (Å²) in [6.07, 6.45) is 3.34. The normalized spacial score (nSPS) is 16.4. The molecule has 0 heterocycles. The van der Waals surface area contributed by atoms with E-state index in [-0.39, 0.29) is 63.9 Å². The highest BCUT2D eigenvalue weighted by Crippen LogP contribution is 2.57. The van der Waals surface area contributed by atoms with Crippen LogP contribution < -0.4 is 0 Å². The van der Waals surface area contributed by atoms with E-state index in [4.69, 9.17) is 0 Å². The molecule has 1 aliphatic carbocycles. The Kier molecular flexibility index (Phi) is 15.6. The predicted molar refractivity (Wildman–Crippen MR) is 296 cm³/mol. The molecule has 12 heteroatoms. The van der Waals surface area contributed by atoms with Crippen molar-refractivity contribution in [1.82, 2.24) is 0 Å². The van der Waals surface area contributed by atoms with Crippen LogP contribution in [0.1, 0.15) is 116 Å². The number of aryl methyl sites for hydroxylation is 4. The van der Waals surface area contributed by atoms with Crippen LogP contribution in [0, 0.1) is 0 Å². The van der Waals surface area contributed by atoms with Crippen LogP contribution in [0.25, 0.3) is 0 Å². The van der Waals surface area contributed by atoms with Crippen LogP contribution >= 0.6 is 63.7 Å². The van der Waals surface area contributed by atoms with Crippen molar-refractivity contribution in [3.05, 3.63) is 230 Å². The summed E-state index contributed by atoms with van der Waals surface area (Å²) in [6.45, 7) is 0. The summed E-state index contributed by atoms with van der Waals surface area (Å²) in [4.78, 5) is 0. The summed E-state index contributed by atoms with van der Waals surface area (Å²) < 4.78 is 0.0437. The maximum Gasteiger partial charge on any atom is 0.137 e. The zero-order valence-electron chi connectivity index (χ0n) is 38.9. The molecule has 8 aromatic rings. The number of aromatic hydroxyl groups is 8. The molecule has 0 unspecified atom stereocenters. The molecule has 0 amide bonds. The molecule has 9 rings (SSSR count). The Morgan fingerprint density at radius 1 is 0.250 bits per heavy atom. The van der Waals surface area contributed by atoms with Gasteiger partial charge < -0.3 is 40.9 Å². The van der Waals surface area contributed by atoms with Gasteiger partial charge in [-0.1, -0.05) is 121 Å². The van der Waals surface area contributed by atoms with Gasteiger partial charge in [0.25, 0.3) is 0 Å². The zero-order chi connectivity index (χ0) is 50.8. The van der Waals surface area contributed by atoms with Crippen LogP contribution in [-0.4, -0.2) is 40.9 Å².